The van der Waals surface area contributed by atoms with E-state index in [4.69, 9.17) is 11.6 Å². The average molecular weight is 451 g/mol. The molecule has 162 valence electrons. The van der Waals surface area contributed by atoms with E-state index < -0.39 is 11.7 Å². The van der Waals surface area contributed by atoms with Crippen LogP contribution in [0.2, 0.25) is 5.02 Å². The number of nitrogens with one attached hydrogen (secondary N) is 4. The molecule has 0 bridgehead atoms. The van der Waals surface area contributed by atoms with Gasteiger partial charge in [0.1, 0.15) is 5.02 Å². The lowest BCUT2D eigenvalue weighted by molar-refractivity contribution is -0.116. The number of halogens is 1. The third-order valence-corrected chi connectivity index (χ3v) is 4.45. The number of carbonyl (C=O) groups is 3. The van der Waals surface area contributed by atoms with Crippen LogP contribution in [0.3, 0.4) is 0 Å². The summed E-state index contributed by atoms with van der Waals surface area (Å²) in [5.74, 6) is -1.31. The standard InChI is InChI=1S/C22H19ClN6O3/c1-3-18(30)26-13-7-6-8-14(11-13)27-22-25-12-16(23)20(29-22)28-17-10-5-4-9-15(17)19(31)21(32)24-2/h3-12H,1H2,2H3,(H,24,32)(H,26,30)(H2,25,27,28,29). The molecule has 3 rings (SSSR count). The first-order valence-electron chi connectivity index (χ1n) is 9.36. The molecule has 0 unspecified atom stereocenters. The van der Waals surface area contributed by atoms with Crippen molar-refractivity contribution in [3.05, 3.63) is 78.0 Å². The highest BCUT2D eigenvalue weighted by Crippen LogP contribution is 2.27. The zero-order chi connectivity index (χ0) is 23.1. The third kappa shape index (κ3) is 5.46. The first-order chi connectivity index (χ1) is 15.4. The molecule has 0 radical (unpaired) electrons. The van der Waals surface area contributed by atoms with E-state index in [2.05, 4.69) is 37.8 Å². The molecule has 0 aliphatic carbocycles. The van der Waals surface area contributed by atoms with Crippen molar-refractivity contribution < 1.29 is 14.4 Å². The van der Waals surface area contributed by atoms with Gasteiger partial charge in [-0.05, 0) is 36.4 Å². The fourth-order valence-corrected chi connectivity index (χ4v) is 2.80. The Hall–Kier alpha value is -4.24. The van der Waals surface area contributed by atoms with E-state index in [1.807, 2.05) is 0 Å². The van der Waals surface area contributed by atoms with Gasteiger partial charge in [-0.15, -0.1) is 0 Å². The Kier molecular flexibility index (Phi) is 7.14. The number of hydrogen-bond acceptors (Lipinski definition) is 7. The predicted molar refractivity (Wildman–Crippen MR) is 124 cm³/mol. The monoisotopic (exact) mass is 450 g/mol. The molecule has 0 fully saturated rings. The molecular weight excluding hydrogens is 432 g/mol. The van der Waals surface area contributed by atoms with Crippen LogP contribution in [0.15, 0.2) is 67.4 Å². The lowest BCUT2D eigenvalue weighted by Gasteiger charge is -2.13. The minimum Gasteiger partial charge on any atom is -0.352 e. The fourth-order valence-electron chi connectivity index (χ4n) is 2.67. The van der Waals surface area contributed by atoms with Gasteiger partial charge in [0.2, 0.25) is 11.9 Å². The minimum atomic E-state index is -0.737. The number of nitrogens with zero attached hydrogens (tertiary/aromatic N) is 2. The van der Waals surface area contributed by atoms with Crippen LogP contribution >= 0.6 is 11.6 Å². The predicted octanol–water partition coefficient (Wildman–Crippen LogP) is 3.67. The van der Waals surface area contributed by atoms with Crippen LogP contribution in [0.4, 0.5) is 28.8 Å². The summed E-state index contributed by atoms with van der Waals surface area (Å²) in [6.45, 7) is 3.42. The maximum Gasteiger partial charge on any atom is 0.292 e. The molecule has 0 aliphatic rings. The smallest absolute Gasteiger partial charge is 0.292 e. The van der Waals surface area contributed by atoms with Crippen LogP contribution in [-0.4, -0.2) is 34.6 Å². The maximum absolute atomic E-state index is 12.3. The van der Waals surface area contributed by atoms with Gasteiger partial charge in [-0.3, -0.25) is 14.4 Å². The molecule has 9 nitrogen and oxygen atoms in total. The molecule has 2 aromatic carbocycles. The van der Waals surface area contributed by atoms with Gasteiger partial charge in [0, 0.05) is 18.4 Å². The molecule has 10 heteroatoms. The van der Waals surface area contributed by atoms with Crippen LogP contribution in [0.5, 0.6) is 0 Å². The summed E-state index contributed by atoms with van der Waals surface area (Å²) >= 11 is 6.23. The van der Waals surface area contributed by atoms with Gasteiger partial charge >= 0.3 is 0 Å². The number of amides is 2. The van der Waals surface area contributed by atoms with Gasteiger partial charge < -0.3 is 21.3 Å². The zero-order valence-electron chi connectivity index (χ0n) is 17.0. The van der Waals surface area contributed by atoms with Crippen molar-refractivity contribution in [3.8, 4) is 0 Å². The quantitative estimate of drug-likeness (QED) is 0.234. The highest BCUT2D eigenvalue weighted by Gasteiger charge is 2.19. The van der Waals surface area contributed by atoms with Crippen LogP contribution in [0, 0.1) is 0 Å². The van der Waals surface area contributed by atoms with E-state index in [9.17, 15) is 14.4 Å². The number of ketones is 1. The van der Waals surface area contributed by atoms with Crippen molar-refractivity contribution in [2.75, 3.05) is 23.0 Å². The van der Waals surface area contributed by atoms with Crippen molar-refractivity contribution in [1.82, 2.24) is 15.3 Å². The number of aromatic nitrogens is 2. The van der Waals surface area contributed by atoms with E-state index in [0.717, 1.165) is 0 Å². The molecule has 1 aromatic heterocycles. The maximum atomic E-state index is 12.3. The van der Waals surface area contributed by atoms with Crippen molar-refractivity contribution in [3.63, 3.8) is 0 Å². The number of para-hydroxylation sites is 1. The molecule has 32 heavy (non-hydrogen) atoms. The molecule has 0 aliphatic heterocycles. The van der Waals surface area contributed by atoms with E-state index in [-0.39, 0.29) is 28.3 Å². The van der Waals surface area contributed by atoms with Gasteiger partial charge in [0.15, 0.2) is 5.82 Å². The molecule has 4 N–H and O–H groups in total. The Morgan fingerprint density at radius 2 is 1.78 bits per heavy atom. The van der Waals surface area contributed by atoms with Gasteiger partial charge in [0.25, 0.3) is 11.7 Å². The van der Waals surface area contributed by atoms with Crippen LogP contribution in [0.1, 0.15) is 10.4 Å². The number of likely N-dealkylation sites (N-methyl/N-ethyl adjacent to an activating group) is 1. The Balaban J connectivity index is 1.84. The van der Waals surface area contributed by atoms with Crippen LogP contribution in [0.25, 0.3) is 0 Å². The second-order valence-corrected chi connectivity index (χ2v) is 6.78. The number of anilines is 5. The Labute approximate surface area is 188 Å². The van der Waals surface area contributed by atoms with Crippen molar-refractivity contribution >= 4 is 58.0 Å². The minimum absolute atomic E-state index is 0.168. The Bertz CT molecular complexity index is 1200. The van der Waals surface area contributed by atoms with Gasteiger partial charge in [-0.25, -0.2) is 4.98 Å². The SMILES string of the molecule is C=CC(=O)Nc1cccc(Nc2ncc(Cl)c(Nc3ccccc3C(=O)C(=O)NC)n2)c1. The van der Waals surface area contributed by atoms with E-state index in [0.29, 0.717) is 17.1 Å². The Morgan fingerprint density at radius 1 is 1.03 bits per heavy atom. The molecule has 0 saturated heterocycles. The van der Waals surface area contributed by atoms with E-state index >= 15 is 0 Å². The van der Waals surface area contributed by atoms with Gasteiger partial charge in [-0.2, -0.15) is 4.98 Å². The first-order valence-corrected chi connectivity index (χ1v) is 9.74. The molecule has 0 spiro atoms. The zero-order valence-corrected chi connectivity index (χ0v) is 17.7. The van der Waals surface area contributed by atoms with Crippen LogP contribution < -0.4 is 21.3 Å². The summed E-state index contributed by atoms with van der Waals surface area (Å²) < 4.78 is 0. The first kappa shape index (κ1) is 22.4. The molecule has 1 heterocycles. The normalized spacial score (nSPS) is 10.1. The highest BCUT2D eigenvalue weighted by atomic mass is 35.5. The van der Waals surface area contributed by atoms with Gasteiger partial charge in [0.05, 0.1) is 17.4 Å². The summed E-state index contributed by atoms with van der Waals surface area (Å²) in [7, 11) is 1.38. The average Bonchev–Trinajstić information content (AvgIpc) is 2.80. The number of rotatable bonds is 8. The summed E-state index contributed by atoms with van der Waals surface area (Å²) in [6, 6.07) is 13.5. The van der Waals surface area contributed by atoms with Crippen LogP contribution in [-0.2, 0) is 9.59 Å². The number of benzene rings is 2. The number of carbonyl (C=O) groups excluding carboxylic acids is 3. The molecule has 3 aromatic rings. The summed E-state index contributed by atoms with van der Waals surface area (Å²) in [6.07, 6.45) is 2.57. The third-order valence-electron chi connectivity index (χ3n) is 4.17. The van der Waals surface area contributed by atoms with Crippen molar-refractivity contribution in [2.45, 2.75) is 0 Å². The lowest BCUT2D eigenvalue weighted by atomic mass is 10.1. The van der Waals surface area contributed by atoms with E-state index in [1.54, 1.807) is 42.5 Å². The largest absolute Gasteiger partial charge is 0.352 e. The van der Waals surface area contributed by atoms with Crippen molar-refractivity contribution in [1.29, 1.82) is 0 Å². The van der Waals surface area contributed by atoms with Crippen molar-refractivity contribution in [2.24, 2.45) is 0 Å². The topological polar surface area (TPSA) is 125 Å². The second kappa shape index (κ2) is 10.2. The summed E-state index contributed by atoms with van der Waals surface area (Å²) in [5, 5.41) is 11.2. The summed E-state index contributed by atoms with van der Waals surface area (Å²) in [5.41, 5.74) is 1.72. The Morgan fingerprint density at radius 3 is 2.53 bits per heavy atom. The molecule has 0 saturated carbocycles. The number of Topliss-reactive ketones (excluding diaryl/α,β-unsaturated/α-hetero) is 1. The van der Waals surface area contributed by atoms with E-state index in [1.165, 1.54) is 25.4 Å². The molecular formula is C22H19ClN6O3. The van der Waals surface area contributed by atoms with Gasteiger partial charge in [-0.1, -0.05) is 36.4 Å². The molecule has 2 amide bonds. The summed E-state index contributed by atoms with van der Waals surface area (Å²) in [4.78, 5) is 44.1. The second-order valence-electron chi connectivity index (χ2n) is 6.37. The number of hydrogen-bond donors (Lipinski definition) is 4. The fraction of sp³-hybridized carbons (Fsp3) is 0.0455. The highest BCUT2D eigenvalue weighted by molar-refractivity contribution is 6.44. The molecule has 0 atom stereocenters. The lowest BCUT2D eigenvalue weighted by Crippen LogP contribution is -2.28.